The molecule has 0 aliphatic heterocycles. The highest BCUT2D eigenvalue weighted by molar-refractivity contribution is 6.35. The number of aliphatic hydroxyl groups is 1. The van der Waals surface area contributed by atoms with Crippen LogP contribution in [0, 0.1) is 0 Å². The summed E-state index contributed by atoms with van der Waals surface area (Å²) in [6.45, 7) is 0.156. The quantitative estimate of drug-likeness (QED) is 0.763. The molecule has 23 heavy (non-hydrogen) atoms. The highest BCUT2D eigenvalue weighted by Gasteiger charge is 2.07. The molecule has 1 N–H and O–H groups in total. The Kier molecular flexibility index (Phi) is 4.81. The number of rotatable bonds is 5. The van der Waals surface area contributed by atoms with Crippen molar-refractivity contribution < 1.29 is 9.84 Å². The number of hydrogen-bond donors (Lipinski definition) is 1. The molecular weight excluding hydrogens is 337 g/mol. The fraction of sp³-hybridized carbons (Fsp3) is 0.125. The molecule has 3 rings (SSSR count). The largest absolute Gasteiger partial charge is 0.487 e. The summed E-state index contributed by atoms with van der Waals surface area (Å²) in [5.41, 5.74) is 1.32. The average Bonchev–Trinajstić information content (AvgIpc) is 3.04. The molecule has 2 heterocycles. The van der Waals surface area contributed by atoms with Gasteiger partial charge in [0.15, 0.2) is 5.82 Å². The third-order valence-electron chi connectivity index (χ3n) is 3.21. The number of nitrogens with zero attached hydrogens (tertiary/aromatic N) is 3. The van der Waals surface area contributed by atoms with Gasteiger partial charge in [-0.1, -0.05) is 29.3 Å². The Balaban J connectivity index is 1.70. The lowest BCUT2D eigenvalue weighted by Crippen LogP contribution is -2.01. The molecule has 0 atom stereocenters. The fourth-order valence-electron chi connectivity index (χ4n) is 1.99. The van der Waals surface area contributed by atoms with Crippen LogP contribution in [-0.4, -0.2) is 19.9 Å². The van der Waals surface area contributed by atoms with Crippen molar-refractivity contribution in [2.75, 3.05) is 0 Å². The van der Waals surface area contributed by atoms with Crippen molar-refractivity contribution in [2.45, 2.75) is 13.2 Å². The van der Waals surface area contributed by atoms with E-state index < -0.39 is 0 Å². The zero-order valence-electron chi connectivity index (χ0n) is 12.0. The van der Waals surface area contributed by atoms with E-state index in [9.17, 15) is 0 Å². The Morgan fingerprint density at radius 1 is 1.09 bits per heavy atom. The van der Waals surface area contributed by atoms with Crippen LogP contribution in [0.1, 0.15) is 11.3 Å². The molecule has 3 aromatic rings. The van der Waals surface area contributed by atoms with Crippen molar-refractivity contribution in [1.29, 1.82) is 0 Å². The van der Waals surface area contributed by atoms with E-state index in [1.54, 1.807) is 53.5 Å². The first-order valence-corrected chi connectivity index (χ1v) is 7.60. The highest BCUT2D eigenvalue weighted by atomic mass is 35.5. The maximum atomic E-state index is 9.03. The summed E-state index contributed by atoms with van der Waals surface area (Å²) in [4.78, 5) is 4.28. The van der Waals surface area contributed by atoms with Crippen LogP contribution >= 0.6 is 23.2 Å². The maximum Gasteiger partial charge on any atom is 0.153 e. The predicted molar refractivity (Wildman–Crippen MR) is 88.1 cm³/mol. The molecule has 0 radical (unpaired) electrons. The van der Waals surface area contributed by atoms with Crippen LogP contribution in [0.3, 0.4) is 0 Å². The van der Waals surface area contributed by atoms with Crippen LogP contribution in [0.4, 0.5) is 0 Å². The second-order valence-corrected chi connectivity index (χ2v) is 5.57. The lowest BCUT2D eigenvalue weighted by molar-refractivity contribution is 0.276. The molecule has 1 aromatic carbocycles. The van der Waals surface area contributed by atoms with Crippen LogP contribution in [0.25, 0.3) is 5.82 Å². The van der Waals surface area contributed by atoms with Crippen LogP contribution in [0.2, 0.25) is 10.0 Å². The lowest BCUT2D eigenvalue weighted by Gasteiger charge is -2.09. The van der Waals surface area contributed by atoms with Crippen LogP contribution in [0.15, 0.2) is 48.8 Å². The van der Waals surface area contributed by atoms with Crippen molar-refractivity contribution >= 4 is 23.2 Å². The van der Waals surface area contributed by atoms with Crippen molar-refractivity contribution in [1.82, 2.24) is 14.8 Å². The molecule has 0 unspecified atom stereocenters. The van der Waals surface area contributed by atoms with E-state index in [4.69, 9.17) is 33.0 Å². The molecular formula is C16H13Cl2N3O2. The first kappa shape index (κ1) is 15.8. The Morgan fingerprint density at radius 3 is 2.48 bits per heavy atom. The van der Waals surface area contributed by atoms with E-state index in [0.29, 0.717) is 27.3 Å². The molecule has 5 nitrogen and oxygen atoms in total. The number of hydrogen-bond acceptors (Lipinski definition) is 4. The molecule has 118 valence electrons. The topological polar surface area (TPSA) is 60.2 Å². The average molecular weight is 350 g/mol. The van der Waals surface area contributed by atoms with Gasteiger partial charge < -0.3 is 9.84 Å². The van der Waals surface area contributed by atoms with Gasteiger partial charge >= 0.3 is 0 Å². The minimum Gasteiger partial charge on any atom is -0.487 e. The summed E-state index contributed by atoms with van der Waals surface area (Å²) >= 11 is 12.2. The Hall–Kier alpha value is -2.08. The van der Waals surface area contributed by atoms with Crippen LogP contribution < -0.4 is 4.74 Å². The van der Waals surface area contributed by atoms with Gasteiger partial charge in [0.2, 0.25) is 0 Å². The molecule has 0 amide bonds. The van der Waals surface area contributed by atoms with Crippen molar-refractivity contribution in [3.05, 3.63) is 70.1 Å². The van der Waals surface area contributed by atoms with Gasteiger partial charge in [0.1, 0.15) is 12.4 Å². The van der Waals surface area contributed by atoms with Gasteiger partial charge in [0.05, 0.1) is 18.5 Å². The SMILES string of the molecule is OCc1ccn(-c2ccc(OCc3c(Cl)cccc3Cl)cn2)n1. The van der Waals surface area contributed by atoms with Gasteiger partial charge in [-0.15, -0.1) is 0 Å². The summed E-state index contributed by atoms with van der Waals surface area (Å²) in [5, 5.41) is 14.3. The number of aliphatic hydroxyl groups excluding tert-OH is 1. The van der Waals surface area contributed by atoms with Crippen LogP contribution in [0.5, 0.6) is 5.75 Å². The lowest BCUT2D eigenvalue weighted by atomic mass is 10.2. The summed E-state index contributed by atoms with van der Waals surface area (Å²) < 4.78 is 7.25. The zero-order chi connectivity index (χ0) is 16.2. The van der Waals surface area contributed by atoms with Gasteiger partial charge in [0.25, 0.3) is 0 Å². The minimum atomic E-state index is -0.104. The number of ether oxygens (including phenoxy) is 1. The summed E-state index contributed by atoms with van der Waals surface area (Å²) in [5.74, 6) is 1.23. The second-order valence-electron chi connectivity index (χ2n) is 4.75. The van der Waals surface area contributed by atoms with Gasteiger partial charge in [-0.3, -0.25) is 0 Å². The molecule has 0 saturated heterocycles. The molecule has 0 saturated carbocycles. The van der Waals surface area contributed by atoms with E-state index in [1.165, 1.54) is 0 Å². The van der Waals surface area contributed by atoms with Crippen molar-refractivity contribution in [2.24, 2.45) is 0 Å². The number of benzene rings is 1. The minimum absolute atomic E-state index is 0.104. The van der Waals surface area contributed by atoms with Gasteiger partial charge in [-0.2, -0.15) is 5.10 Å². The Bertz CT molecular complexity index is 783. The summed E-state index contributed by atoms with van der Waals surface area (Å²) in [7, 11) is 0. The fourth-order valence-corrected chi connectivity index (χ4v) is 2.50. The van der Waals surface area contributed by atoms with Gasteiger partial charge in [-0.05, 0) is 30.3 Å². The molecule has 7 heteroatoms. The highest BCUT2D eigenvalue weighted by Crippen LogP contribution is 2.25. The van der Waals surface area contributed by atoms with E-state index in [0.717, 1.165) is 5.56 Å². The first-order chi connectivity index (χ1) is 11.2. The van der Waals surface area contributed by atoms with Crippen molar-refractivity contribution in [3.8, 4) is 11.6 Å². The number of pyridine rings is 1. The molecule has 0 fully saturated rings. The Morgan fingerprint density at radius 2 is 1.87 bits per heavy atom. The van der Waals surface area contributed by atoms with E-state index >= 15 is 0 Å². The molecule has 0 aliphatic rings. The molecule has 0 bridgehead atoms. The third kappa shape index (κ3) is 3.64. The van der Waals surface area contributed by atoms with Crippen LogP contribution in [-0.2, 0) is 13.2 Å². The van der Waals surface area contributed by atoms with E-state index in [-0.39, 0.29) is 13.2 Å². The number of halogens is 2. The monoisotopic (exact) mass is 349 g/mol. The Labute approximate surface area is 143 Å². The summed E-state index contributed by atoms with van der Waals surface area (Å²) in [6, 6.07) is 10.6. The first-order valence-electron chi connectivity index (χ1n) is 6.85. The zero-order valence-corrected chi connectivity index (χ0v) is 13.5. The number of aromatic nitrogens is 3. The maximum absolute atomic E-state index is 9.03. The molecule has 0 aliphatic carbocycles. The van der Waals surface area contributed by atoms with Gasteiger partial charge in [0, 0.05) is 21.8 Å². The normalized spacial score (nSPS) is 10.7. The molecule has 2 aromatic heterocycles. The molecule has 0 spiro atoms. The predicted octanol–water partition coefficient (Wildman–Crippen LogP) is 3.65. The van der Waals surface area contributed by atoms with Gasteiger partial charge in [-0.25, -0.2) is 9.67 Å². The second kappa shape index (κ2) is 7.00. The smallest absolute Gasteiger partial charge is 0.153 e. The standard InChI is InChI=1S/C16H13Cl2N3O2/c17-14-2-1-3-15(18)13(14)10-23-12-4-5-16(19-8-12)21-7-6-11(9-22)20-21/h1-8,22H,9-10H2. The summed E-state index contributed by atoms with van der Waals surface area (Å²) in [6.07, 6.45) is 3.33. The third-order valence-corrected chi connectivity index (χ3v) is 3.91. The van der Waals surface area contributed by atoms with Crippen molar-refractivity contribution in [3.63, 3.8) is 0 Å². The van der Waals surface area contributed by atoms with E-state index in [2.05, 4.69) is 10.1 Å². The van der Waals surface area contributed by atoms with E-state index in [1.807, 2.05) is 0 Å².